The number of hydrogen-bond acceptors (Lipinski definition) is 3. The molecule has 14 heavy (non-hydrogen) atoms. The Morgan fingerprint density at radius 2 is 2.43 bits per heavy atom. The Hall–Kier alpha value is -1.84. The van der Waals surface area contributed by atoms with E-state index >= 15 is 0 Å². The van der Waals surface area contributed by atoms with Gasteiger partial charge in [-0.15, -0.1) is 0 Å². The highest BCUT2D eigenvalue weighted by molar-refractivity contribution is 5.71. The zero-order valence-corrected chi connectivity index (χ0v) is 7.80. The fraction of sp³-hybridized carbons (Fsp3) is 0.200. The van der Waals surface area contributed by atoms with Crippen LogP contribution in [0.3, 0.4) is 0 Å². The van der Waals surface area contributed by atoms with E-state index in [1.54, 1.807) is 6.20 Å². The monoisotopic (exact) mass is 190 g/mol. The molecule has 0 aliphatic heterocycles. The molecule has 4 nitrogen and oxygen atoms in total. The summed E-state index contributed by atoms with van der Waals surface area (Å²) >= 11 is 0. The van der Waals surface area contributed by atoms with Crippen molar-refractivity contribution in [3.63, 3.8) is 0 Å². The van der Waals surface area contributed by atoms with E-state index in [1.807, 2.05) is 28.8 Å². The summed E-state index contributed by atoms with van der Waals surface area (Å²) in [5, 5.41) is 0. The molecular formula is C10H10N2O2. The number of rotatable bonds is 2. The normalized spacial score (nSPS) is 10.4. The molecule has 0 spiro atoms. The van der Waals surface area contributed by atoms with Gasteiger partial charge in [-0.25, -0.2) is 4.98 Å². The molecule has 2 aromatic heterocycles. The Balaban J connectivity index is 2.38. The minimum atomic E-state index is -0.277. The third kappa shape index (κ3) is 1.46. The Labute approximate surface area is 81.1 Å². The smallest absolute Gasteiger partial charge is 0.313 e. The van der Waals surface area contributed by atoms with Crippen LogP contribution in [0, 0.1) is 0 Å². The highest BCUT2D eigenvalue weighted by atomic mass is 16.5. The molecule has 0 amide bonds. The van der Waals surface area contributed by atoms with Gasteiger partial charge in [0.1, 0.15) is 12.2 Å². The lowest BCUT2D eigenvalue weighted by Gasteiger charge is -1.99. The highest BCUT2D eigenvalue weighted by Gasteiger charge is 2.07. The molecule has 0 unspecified atom stereocenters. The van der Waals surface area contributed by atoms with Crippen LogP contribution in [0.5, 0.6) is 0 Å². The molecule has 0 saturated carbocycles. The van der Waals surface area contributed by atoms with Crippen molar-refractivity contribution >= 4 is 11.5 Å². The first-order chi connectivity index (χ1) is 6.81. The van der Waals surface area contributed by atoms with Gasteiger partial charge in [-0.05, 0) is 12.1 Å². The topological polar surface area (TPSA) is 43.6 Å². The van der Waals surface area contributed by atoms with Gasteiger partial charge in [-0.1, -0.05) is 6.07 Å². The van der Waals surface area contributed by atoms with Gasteiger partial charge in [0, 0.05) is 6.20 Å². The maximum Gasteiger partial charge on any atom is 0.313 e. The maximum atomic E-state index is 11.0. The average Bonchev–Trinajstić information content (AvgIpc) is 2.62. The molecule has 0 aliphatic rings. The third-order valence-electron chi connectivity index (χ3n) is 2.05. The average molecular weight is 190 g/mol. The molecule has 4 heteroatoms. The number of carbonyl (C=O) groups excluding carboxylic acids is 1. The molecule has 0 radical (unpaired) electrons. The van der Waals surface area contributed by atoms with Gasteiger partial charge in [0.25, 0.3) is 0 Å². The molecule has 2 rings (SSSR count). The van der Waals surface area contributed by atoms with Crippen molar-refractivity contribution < 1.29 is 9.53 Å². The first-order valence-electron chi connectivity index (χ1n) is 4.29. The predicted molar refractivity (Wildman–Crippen MR) is 50.9 cm³/mol. The lowest BCUT2D eigenvalue weighted by molar-refractivity contribution is -0.139. The van der Waals surface area contributed by atoms with Crippen LogP contribution in [0.1, 0.15) is 5.82 Å². The summed E-state index contributed by atoms with van der Waals surface area (Å²) in [6.45, 7) is 0. The van der Waals surface area contributed by atoms with E-state index in [1.165, 1.54) is 7.11 Å². The lowest BCUT2D eigenvalue weighted by Crippen LogP contribution is -2.07. The molecule has 2 aromatic rings. The number of nitrogens with zero attached hydrogens (tertiary/aromatic N) is 2. The summed E-state index contributed by atoms with van der Waals surface area (Å²) in [7, 11) is 1.37. The predicted octanol–water partition coefficient (Wildman–Crippen LogP) is 1.05. The minimum absolute atomic E-state index is 0.203. The molecule has 0 atom stereocenters. The molecule has 0 N–H and O–H groups in total. The SMILES string of the molecule is COC(=O)Cc1ncc2ccccn12. The van der Waals surface area contributed by atoms with Crippen molar-refractivity contribution in [2.24, 2.45) is 0 Å². The van der Waals surface area contributed by atoms with Gasteiger partial charge in [-0.2, -0.15) is 0 Å². The van der Waals surface area contributed by atoms with Crippen molar-refractivity contribution in [2.45, 2.75) is 6.42 Å². The summed E-state index contributed by atoms with van der Waals surface area (Å²) in [6.07, 6.45) is 3.81. The molecule has 72 valence electrons. The van der Waals surface area contributed by atoms with Gasteiger partial charge in [0.2, 0.25) is 0 Å². The number of hydrogen-bond donors (Lipinski definition) is 0. The second-order valence-electron chi connectivity index (χ2n) is 2.92. The molecule has 0 bridgehead atoms. The van der Waals surface area contributed by atoms with E-state index in [9.17, 15) is 4.79 Å². The minimum Gasteiger partial charge on any atom is -0.469 e. The van der Waals surface area contributed by atoms with Gasteiger partial charge >= 0.3 is 5.97 Å². The van der Waals surface area contributed by atoms with Crippen LogP contribution in [0.25, 0.3) is 5.52 Å². The number of fused-ring (bicyclic) bond motifs is 1. The van der Waals surface area contributed by atoms with Crippen LogP contribution < -0.4 is 0 Å². The van der Waals surface area contributed by atoms with E-state index in [-0.39, 0.29) is 12.4 Å². The summed E-state index contributed by atoms with van der Waals surface area (Å²) in [5.41, 5.74) is 0.978. The zero-order valence-electron chi connectivity index (χ0n) is 7.80. The van der Waals surface area contributed by atoms with Crippen LogP contribution >= 0.6 is 0 Å². The number of methoxy groups -OCH3 is 1. The van der Waals surface area contributed by atoms with Gasteiger partial charge < -0.3 is 9.14 Å². The number of aromatic nitrogens is 2. The second kappa shape index (κ2) is 3.49. The van der Waals surface area contributed by atoms with Crippen molar-refractivity contribution in [1.29, 1.82) is 0 Å². The largest absolute Gasteiger partial charge is 0.469 e. The van der Waals surface area contributed by atoms with Crippen LogP contribution in [0.15, 0.2) is 30.6 Å². The second-order valence-corrected chi connectivity index (χ2v) is 2.92. The number of pyridine rings is 1. The van der Waals surface area contributed by atoms with E-state index in [2.05, 4.69) is 9.72 Å². The quantitative estimate of drug-likeness (QED) is 0.665. The number of imidazole rings is 1. The standard InChI is InChI=1S/C10H10N2O2/c1-14-10(13)6-9-11-7-8-4-2-3-5-12(8)9/h2-5,7H,6H2,1H3. The zero-order chi connectivity index (χ0) is 9.97. The van der Waals surface area contributed by atoms with E-state index in [4.69, 9.17) is 0 Å². The first-order valence-corrected chi connectivity index (χ1v) is 4.29. The molecule has 0 fully saturated rings. The Kier molecular flexibility index (Phi) is 2.18. The fourth-order valence-electron chi connectivity index (χ4n) is 1.33. The van der Waals surface area contributed by atoms with E-state index < -0.39 is 0 Å². The Morgan fingerprint density at radius 1 is 1.57 bits per heavy atom. The number of esters is 1. The lowest BCUT2D eigenvalue weighted by atomic mass is 10.4. The van der Waals surface area contributed by atoms with Crippen molar-refractivity contribution in [2.75, 3.05) is 7.11 Å². The van der Waals surface area contributed by atoms with Crippen LogP contribution in [0.2, 0.25) is 0 Å². The Morgan fingerprint density at radius 3 is 3.21 bits per heavy atom. The van der Waals surface area contributed by atoms with E-state index in [0.29, 0.717) is 5.82 Å². The van der Waals surface area contributed by atoms with Gasteiger partial charge in [0.15, 0.2) is 0 Å². The van der Waals surface area contributed by atoms with Crippen LogP contribution in [0.4, 0.5) is 0 Å². The van der Waals surface area contributed by atoms with Crippen molar-refractivity contribution in [1.82, 2.24) is 9.38 Å². The third-order valence-corrected chi connectivity index (χ3v) is 2.05. The molecule has 0 saturated heterocycles. The highest BCUT2D eigenvalue weighted by Crippen LogP contribution is 2.06. The van der Waals surface area contributed by atoms with Gasteiger partial charge in [0.05, 0.1) is 18.8 Å². The van der Waals surface area contributed by atoms with Crippen molar-refractivity contribution in [3.05, 3.63) is 36.4 Å². The summed E-state index contributed by atoms with van der Waals surface area (Å²) < 4.78 is 6.45. The van der Waals surface area contributed by atoms with Crippen molar-refractivity contribution in [3.8, 4) is 0 Å². The number of carbonyl (C=O) groups is 1. The van der Waals surface area contributed by atoms with Gasteiger partial charge in [-0.3, -0.25) is 4.79 Å². The number of ether oxygens (including phenoxy) is 1. The maximum absolute atomic E-state index is 11.0. The summed E-state index contributed by atoms with van der Waals surface area (Å²) in [5.74, 6) is 0.425. The van der Waals surface area contributed by atoms with E-state index in [0.717, 1.165) is 5.52 Å². The molecule has 0 aromatic carbocycles. The molecule has 0 aliphatic carbocycles. The van der Waals surface area contributed by atoms with Crippen LogP contribution in [-0.2, 0) is 16.0 Å². The summed E-state index contributed by atoms with van der Waals surface area (Å²) in [4.78, 5) is 15.2. The Bertz CT molecular complexity index is 462. The molecule has 2 heterocycles. The summed E-state index contributed by atoms with van der Waals surface area (Å²) in [6, 6.07) is 5.77. The molecular weight excluding hydrogens is 180 g/mol. The first kappa shape index (κ1) is 8.74. The fourth-order valence-corrected chi connectivity index (χ4v) is 1.33. The van der Waals surface area contributed by atoms with Crippen LogP contribution in [-0.4, -0.2) is 22.5 Å².